The minimum Gasteiger partial charge on any atom is -0.294 e. The molecule has 1 aliphatic carbocycles. The Balaban J connectivity index is 1.90. The van der Waals surface area contributed by atoms with Gasteiger partial charge in [0, 0.05) is 21.6 Å². The van der Waals surface area contributed by atoms with E-state index in [1.807, 2.05) is 22.7 Å². The predicted octanol–water partition coefficient (Wildman–Crippen LogP) is 3.92. The fourth-order valence-corrected chi connectivity index (χ4v) is 4.51. The van der Waals surface area contributed by atoms with Crippen molar-refractivity contribution in [3.8, 4) is 10.6 Å². The summed E-state index contributed by atoms with van der Waals surface area (Å²) in [5.74, 6) is 0. The van der Waals surface area contributed by atoms with E-state index >= 15 is 0 Å². The molecule has 4 heteroatoms. The van der Waals surface area contributed by atoms with Crippen molar-refractivity contribution in [2.24, 2.45) is 0 Å². The zero-order valence-electron chi connectivity index (χ0n) is 9.56. The van der Waals surface area contributed by atoms with Crippen molar-refractivity contribution in [1.29, 1.82) is 0 Å². The van der Waals surface area contributed by atoms with Crippen molar-refractivity contribution in [3.05, 3.63) is 33.8 Å². The summed E-state index contributed by atoms with van der Waals surface area (Å²) < 4.78 is 2.30. The third-order valence-electron chi connectivity index (χ3n) is 3.31. The summed E-state index contributed by atoms with van der Waals surface area (Å²) in [6.45, 7) is 2.14. The molecule has 4 rings (SSSR count). The molecule has 17 heavy (non-hydrogen) atoms. The van der Waals surface area contributed by atoms with Crippen LogP contribution in [0, 0.1) is 6.92 Å². The number of hydrogen-bond donors (Lipinski definition) is 0. The van der Waals surface area contributed by atoms with E-state index in [0.717, 1.165) is 10.7 Å². The Bertz CT molecular complexity index is 702. The lowest BCUT2D eigenvalue weighted by Crippen LogP contribution is -1.84. The van der Waals surface area contributed by atoms with Gasteiger partial charge in [0.05, 0.1) is 4.88 Å². The van der Waals surface area contributed by atoms with Gasteiger partial charge in [-0.05, 0) is 38.3 Å². The summed E-state index contributed by atoms with van der Waals surface area (Å²) in [6.07, 6.45) is 5.98. The number of imidazole rings is 1. The zero-order valence-corrected chi connectivity index (χ0v) is 11.2. The van der Waals surface area contributed by atoms with Crippen molar-refractivity contribution in [3.63, 3.8) is 0 Å². The van der Waals surface area contributed by atoms with Crippen LogP contribution in [-0.2, 0) is 12.8 Å². The smallest absolute Gasteiger partial charge is 0.194 e. The van der Waals surface area contributed by atoms with Crippen LogP contribution in [0.4, 0.5) is 0 Å². The number of nitrogens with zero attached hydrogens (tertiary/aromatic N) is 2. The van der Waals surface area contributed by atoms with Crippen LogP contribution in [0.3, 0.4) is 0 Å². The van der Waals surface area contributed by atoms with Crippen LogP contribution < -0.4 is 0 Å². The van der Waals surface area contributed by atoms with Gasteiger partial charge >= 0.3 is 0 Å². The van der Waals surface area contributed by atoms with Crippen molar-refractivity contribution in [2.45, 2.75) is 26.2 Å². The molecule has 3 aromatic heterocycles. The summed E-state index contributed by atoms with van der Waals surface area (Å²) in [5.41, 5.74) is 2.63. The van der Waals surface area contributed by atoms with Crippen molar-refractivity contribution in [2.75, 3.05) is 0 Å². The van der Waals surface area contributed by atoms with E-state index in [1.165, 1.54) is 34.7 Å². The molecular weight excluding hydrogens is 248 g/mol. The minimum atomic E-state index is 1.13. The maximum Gasteiger partial charge on any atom is 0.194 e. The Labute approximate surface area is 108 Å². The average Bonchev–Trinajstić information content (AvgIpc) is 2.95. The zero-order chi connectivity index (χ0) is 11.4. The van der Waals surface area contributed by atoms with Crippen LogP contribution >= 0.6 is 22.7 Å². The number of fused-ring (bicyclic) bond motifs is 3. The summed E-state index contributed by atoms with van der Waals surface area (Å²) in [7, 11) is 0. The van der Waals surface area contributed by atoms with Gasteiger partial charge in [-0.3, -0.25) is 4.40 Å². The van der Waals surface area contributed by atoms with Crippen molar-refractivity contribution < 1.29 is 0 Å². The molecule has 0 aromatic carbocycles. The molecule has 3 heterocycles. The van der Waals surface area contributed by atoms with E-state index in [9.17, 15) is 0 Å². The van der Waals surface area contributed by atoms with Crippen molar-refractivity contribution >= 4 is 27.6 Å². The third kappa shape index (κ3) is 1.40. The first kappa shape index (κ1) is 9.85. The maximum atomic E-state index is 4.75. The van der Waals surface area contributed by atoms with Gasteiger partial charge < -0.3 is 0 Å². The van der Waals surface area contributed by atoms with Gasteiger partial charge in [0.1, 0.15) is 5.69 Å². The van der Waals surface area contributed by atoms with Gasteiger partial charge in [-0.25, -0.2) is 4.98 Å². The average molecular weight is 260 g/mol. The van der Waals surface area contributed by atoms with Crippen LogP contribution in [-0.4, -0.2) is 9.38 Å². The van der Waals surface area contributed by atoms with Gasteiger partial charge in [0.15, 0.2) is 4.96 Å². The molecule has 0 unspecified atom stereocenters. The first-order valence-corrected chi connectivity index (χ1v) is 7.51. The lowest BCUT2D eigenvalue weighted by molar-refractivity contribution is 0.888. The Morgan fingerprint density at radius 1 is 1.24 bits per heavy atom. The Morgan fingerprint density at radius 3 is 3.00 bits per heavy atom. The molecule has 0 aliphatic heterocycles. The molecule has 1 aliphatic rings. The monoisotopic (exact) mass is 260 g/mol. The highest BCUT2D eigenvalue weighted by Gasteiger charge is 2.19. The molecule has 0 amide bonds. The fourth-order valence-electron chi connectivity index (χ4n) is 2.49. The molecule has 0 saturated carbocycles. The number of aromatic nitrogens is 2. The second kappa shape index (κ2) is 3.43. The topological polar surface area (TPSA) is 17.3 Å². The predicted molar refractivity (Wildman–Crippen MR) is 73.1 cm³/mol. The first-order chi connectivity index (χ1) is 8.31. The van der Waals surface area contributed by atoms with Gasteiger partial charge in [-0.1, -0.05) is 0 Å². The van der Waals surface area contributed by atoms with E-state index in [-0.39, 0.29) is 0 Å². The second-order valence-electron chi connectivity index (χ2n) is 4.51. The van der Waals surface area contributed by atoms with Crippen LogP contribution in [0.1, 0.15) is 21.9 Å². The van der Waals surface area contributed by atoms with Crippen LogP contribution in [0.15, 0.2) is 18.3 Å². The SMILES string of the molecule is Cc1ccc(-c2cn3c4c(sc3n2)CCC4)s1. The number of aryl methyl sites for hydroxylation is 3. The number of thiazole rings is 1. The highest BCUT2D eigenvalue weighted by molar-refractivity contribution is 7.17. The van der Waals surface area contributed by atoms with Gasteiger partial charge in [0.2, 0.25) is 0 Å². The quantitative estimate of drug-likeness (QED) is 0.648. The molecule has 3 aromatic rings. The van der Waals surface area contributed by atoms with Crippen LogP contribution in [0.25, 0.3) is 15.5 Å². The van der Waals surface area contributed by atoms with E-state index in [4.69, 9.17) is 4.98 Å². The summed E-state index contributed by atoms with van der Waals surface area (Å²) in [5, 5.41) is 0. The number of rotatable bonds is 1. The first-order valence-electron chi connectivity index (χ1n) is 5.88. The molecule has 0 atom stereocenters. The van der Waals surface area contributed by atoms with E-state index in [2.05, 4.69) is 29.7 Å². The van der Waals surface area contributed by atoms with Crippen LogP contribution in [0.5, 0.6) is 0 Å². The van der Waals surface area contributed by atoms with E-state index in [1.54, 1.807) is 4.88 Å². The lowest BCUT2D eigenvalue weighted by atomic mass is 10.3. The maximum absolute atomic E-state index is 4.75. The summed E-state index contributed by atoms with van der Waals surface area (Å²) in [4.78, 5) is 10.1. The number of hydrogen-bond acceptors (Lipinski definition) is 3. The van der Waals surface area contributed by atoms with Gasteiger partial charge in [-0.2, -0.15) is 0 Å². The molecule has 0 N–H and O–H groups in total. The highest BCUT2D eigenvalue weighted by atomic mass is 32.1. The minimum absolute atomic E-state index is 1.13. The Morgan fingerprint density at radius 2 is 2.18 bits per heavy atom. The molecular formula is C13H12N2S2. The summed E-state index contributed by atoms with van der Waals surface area (Å²) >= 11 is 3.69. The lowest BCUT2D eigenvalue weighted by Gasteiger charge is -1.90. The van der Waals surface area contributed by atoms with E-state index in [0.29, 0.717) is 0 Å². The molecule has 0 spiro atoms. The molecule has 2 nitrogen and oxygen atoms in total. The van der Waals surface area contributed by atoms with Crippen molar-refractivity contribution in [1.82, 2.24) is 9.38 Å². The molecule has 0 saturated heterocycles. The Hall–Kier alpha value is -1.13. The molecule has 0 fully saturated rings. The fraction of sp³-hybridized carbons (Fsp3) is 0.308. The summed E-state index contributed by atoms with van der Waals surface area (Å²) in [6, 6.07) is 4.34. The second-order valence-corrected chi connectivity index (χ2v) is 6.86. The number of thiophene rings is 1. The molecule has 0 bridgehead atoms. The van der Waals surface area contributed by atoms with Gasteiger partial charge in [0.25, 0.3) is 0 Å². The van der Waals surface area contributed by atoms with Crippen LogP contribution in [0.2, 0.25) is 0 Å². The molecule has 86 valence electrons. The highest BCUT2D eigenvalue weighted by Crippen LogP contribution is 2.34. The third-order valence-corrected chi connectivity index (χ3v) is 5.49. The van der Waals surface area contributed by atoms with E-state index < -0.39 is 0 Å². The molecule has 0 radical (unpaired) electrons. The largest absolute Gasteiger partial charge is 0.294 e. The normalized spacial score (nSPS) is 14.6. The Kier molecular flexibility index (Phi) is 1.99. The van der Waals surface area contributed by atoms with Gasteiger partial charge in [-0.15, -0.1) is 22.7 Å². The standard InChI is InChI=1S/C13H12N2S2/c1-8-5-6-11(16-8)9-7-15-10-3-2-4-12(10)17-13(15)14-9/h5-7H,2-4H2,1H3.